The van der Waals surface area contributed by atoms with Gasteiger partial charge in [0, 0.05) is 38.2 Å². The lowest BCUT2D eigenvalue weighted by atomic mass is 9.78. The molecule has 0 spiro atoms. The Kier molecular flexibility index (Phi) is 7.71. The van der Waals surface area contributed by atoms with E-state index >= 15 is 0 Å². The van der Waals surface area contributed by atoms with Gasteiger partial charge in [0.1, 0.15) is 17.4 Å². The van der Waals surface area contributed by atoms with Crippen LogP contribution in [0, 0.1) is 19.8 Å². The minimum absolute atomic E-state index is 0.144. The number of aryl methyl sites for hydroxylation is 3. The largest absolute Gasteiger partial charge is 0.489 e. The van der Waals surface area contributed by atoms with Crippen molar-refractivity contribution >= 4 is 17.0 Å². The summed E-state index contributed by atoms with van der Waals surface area (Å²) in [4.78, 5) is 15.4. The highest BCUT2D eigenvalue weighted by Crippen LogP contribution is 2.38. The molecule has 1 aliphatic heterocycles. The van der Waals surface area contributed by atoms with Gasteiger partial charge in [0.25, 0.3) is 0 Å². The van der Waals surface area contributed by atoms with E-state index in [0.29, 0.717) is 0 Å². The highest BCUT2D eigenvalue weighted by Gasteiger charge is 2.31. The topological polar surface area (TPSA) is 69.5 Å². The number of esters is 1. The van der Waals surface area contributed by atoms with E-state index in [9.17, 15) is 4.79 Å². The molecular weight excluding hydrogens is 488 g/mol. The first kappa shape index (κ1) is 26.9. The molecule has 4 aromatic rings. The first-order chi connectivity index (χ1) is 18.8. The third-order valence-electron chi connectivity index (χ3n) is 8.19. The molecule has 2 unspecified atom stereocenters. The van der Waals surface area contributed by atoms with E-state index in [0.717, 1.165) is 59.5 Å². The third-order valence-corrected chi connectivity index (χ3v) is 8.19. The van der Waals surface area contributed by atoms with Crippen molar-refractivity contribution in [3.8, 4) is 5.75 Å². The predicted octanol–water partition coefficient (Wildman–Crippen LogP) is 5.70. The Morgan fingerprint density at radius 1 is 1.15 bits per heavy atom. The Morgan fingerprint density at radius 3 is 2.72 bits per heavy atom. The molecular formula is C32H38N4O3. The summed E-state index contributed by atoms with van der Waals surface area (Å²) >= 11 is 0. The van der Waals surface area contributed by atoms with Crippen molar-refractivity contribution in [1.29, 1.82) is 0 Å². The molecule has 39 heavy (non-hydrogen) atoms. The molecule has 5 rings (SSSR count). The zero-order valence-corrected chi connectivity index (χ0v) is 23.8. The lowest BCUT2D eigenvalue weighted by Gasteiger charge is -2.27. The quantitative estimate of drug-likeness (QED) is 0.288. The number of carbonyl (C=O) groups is 1. The van der Waals surface area contributed by atoms with E-state index in [1.165, 1.54) is 23.8 Å². The van der Waals surface area contributed by atoms with Crippen LogP contribution in [0.4, 0.5) is 0 Å². The van der Waals surface area contributed by atoms with Crippen molar-refractivity contribution in [3.05, 3.63) is 88.0 Å². The Hall–Kier alpha value is -3.71. The van der Waals surface area contributed by atoms with E-state index in [4.69, 9.17) is 9.47 Å². The Bertz CT molecular complexity index is 1490. The Morgan fingerprint density at radius 2 is 1.95 bits per heavy atom. The smallest absolute Gasteiger partial charge is 0.309 e. The van der Waals surface area contributed by atoms with Crippen molar-refractivity contribution in [2.75, 3.05) is 13.7 Å². The van der Waals surface area contributed by atoms with Gasteiger partial charge in [-0.1, -0.05) is 61.5 Å². The van der Waals surface area contributed by atoms with Crippen LogP contribution in [0.1, 0.15) is 59.6 Å². The van der Waals surface area contributed by atoms with Gasteiger partial charge in [-0.15, -0.1) is 5.10 Å². The number of para-hydroxylation sites is 1. The van der Waals surface area contributed by atoms with Gasteiger partial charge < -0.3 is 9.47 Å². The minimum atomic E-state index is -0.374. The summed E-state index contributed by atoms with van der Waals surface area (Å²) in [6, 6.07) is 19.1. The minimum Gasteiger partial charge on any atom is -0.489 e. The summed E-state index contributed by atoms with van der Waals surface area (Å²) in [5, 5.41) is 8.62. The van der Waals surface area contributed by atoms with Crippen LogP contribution >= 0.6 is 0 Å². The fourth-order valence-electron chi connectivity index (χ4n) is 5.83. The summed E-state index contributed by atoms with van der Waals surface area (Å²) in [7, 11) is 3.35. The molecule has 0 radical (unpaired) electrons. The van der Waals surface area contributed by atoms with Gasteiger partial charge in [-0.2, -0.15) is 0 Å². The molecule has 7 heteroatoms. The number of hydrogen-bond acceptors (Lipinski definition) is 6. The predicted molar refractivity (Wildman–Crippen MR) is 153 cm³/mol. The molecule has 0 bridgehead atoms. The van der Waals surface area contributed by atoms with Gasteiger partial charge in [-0.25, -0.2) is 4.68 Å². The second-order valence-electron chi connectivity index (χ2n) is 10.8. The van der Waals surface area contributed by atoms with Crippen molar-refractivity contribution < 1.29 is 14.3 Å². The van der Waals surface area contributed by atoms with Crippen LogP contribution in [0.5, 0.6) is 5.75 Å². The van der Waals surface area contributed by atoms with Gasteiger partial charge >= 0.3 is 5.97 Å². The number of aromatic nitrogens is 3. The molecule has 1 aliphatic rings. The van der Waals surface area contributed by atoms with Crippen molar-refractivity contribution in [2.45, 2.75) is 59.2 Å². The summed E-state index contributed by atoms with van der Waals surface area (Å²) in [6.45, 7) is 10.9. The molecule has 0 aliphatic carbocycles. The van der Waals surface area contributed by atoms with E-state index < -0.39 is 0 Å². The lowest BCUT2D eigenvalue weighted by Crippen LogP contribution is -2.32. The number of carbonyl (C=O) groups excluding carboxylic acids is 1. The average molecular weight is 527 g/mol. The third kappa shape index (κ3) is 5.28. The summed E-state index contributed by atoms with van der Waals surface area (Å²) in [6.07, 6.45) is 1.10. The standard InChI is InChI=1S/C32H38N4O3/c1-7-26-19-36(17-24-10-8-9-11-29(24)39-26)18-25-16-23(13-12-20(25)2)30(22(4)32(37)38-6)27-14-15-28-31(21(27)3)33-34-35(28)5/h8-16,22,26,30H,7,17-19H2,1-6H3/t22?,26?,30-/m0/s1. The van der Waals surface area contributed by atoms with Crippen molar-refractivity contribution in [3.63, 3.8) is 0 Å². The molecule has 0 fully saturated rings. The first-order valence-electron chi connectivity index (χ1n) is 13.7. The van der Waals surface area contributed by atoms with Gasteiger partial charge in [0.2, 0.25) is 0 Å². The highest BCUT2D eigenvalue weighted by atomic mass is 16.5. The van der Waals surface area contributed by atoms with Crippen LogP contribution in [0.2, 0.25) is 0 Å². The van der Waals surface area contributed by atoms with E-state index in [2.05, 4.69) is 78.4 Å². The van der Waals surface area contributed by atoms with E-state index in [1.807, 2.05) is 26.1 Å². The second kappa shape index (κ2) is 11.2. The first-order valence-corrected chi connectivity index (χ1v) is 13.7. The van der Waals surface area contributed by atoms with E-state index in [-0.39, 0.29) is 23.9 Å². The van der Waals surface area contributed by atoms with Crippen molar-refractivity contribution in [1.82, 2.24) is 19.9 Å². The fraction of sp³-hybridized carbons (Fsp3) is 0.406. The molecule has 0 N–H and O–H groups in total. The molecule has 204 valence electrons. The molecule has 3 atom stereocenters. The number of nitrogens with zero attached hydrogens (tertiary/aromatic N) is 4. The molecule has 0 saturated carbocycles. The Balaban J connectivity index is 1.54. The maximum absolute atomic E-state index is 12.9. The number of benzene rings is 3. The molecule has 1 aromatic heterocycles. The maximum atomic E-state index is 12.9. The summed E-state index contributed by atoms with van der Waals surface area (Å²) in [5.41, 5.74) is 8.73. The van der Waals surface area contributed by atoms with Crippen LogP contribution < -0.4 is 4.74 Å². The highest BCUT2D eigenvalue weighted by molar-refractivity contribution is 5.81. The fourth-order valence-corrected chi connectivity index (χ4v) is 5.83. The second-order valence-corrected chi connectivity index (χ2v) is 10.8. The van der Waals surface area contributed by atoms with Crippen LogP contribution in [-0.2, 0) is 29.7 Å². The lowest BCUT2D eigenvalue weighted by molar-refractivity contribution is -0.145. The molecule has 0 amide bonds. The maximum Gasteiger partial charge on any atom is 0.309 e. The number of hydrogen-bond donors (Lipinski definition) is 0. The zero-order chi connectivity index (χ0) is 27.7. The van der Waals surface area contributed by atoms with Gasteiger partial charge in [0.05, 0.1) is 18.5 Å². The summed E-state index contributed by atoms with van der Waals surface area (Å²) < 4.78 is 13.3. The normalized spacial score (nSPS) is 17.2. The molecule has 3 aromatic carbocycles. The van der Waals surface area contributed by atoms with Gasteiger partial charge in [0.15, 0.2) is 0 Å². The van der Waals surface area contributed by atoms with Crippen LogP contribution in [0.3, 0.4) is 0 Å². The van der Waals surface area contributed by atoms with Gasteiger partial charge in [-0.05, 0) is 60.2 Å². The monoisotopic (exact) mass is 526 g/mol. The molecule has 2 heterocycles. The van der Waals surface area contributed by atoms with Crippen LogP contribution in [0.25, 0.3) is 11.0 Å². The summed E-state index contributed by atoms with van der Waals surface area (Å²) in [5.74, 6) is 0.202. The number of methoxy groups -OCH3 is 1. The van der Waals surface area contributed by atoms with Crippen LogP contribution in [-0.4, -0.2) is 45.6 Å². The Labute approximate surface area is 230 Å². The van der Waals surface area contributed by atoms with E-state index in [1.54, 1.807) is 4.68 Å². The number of fused-ring (bicyclic) bond motifs is 2. The van der Waals surface area contributed by atoms with Crippen LogP contribution in [0.15, 0.2) is 54.6 Å². The van der Waals surface area contributed by atoms with Crippen molar-refractivity contribution in [2.24, 2.45) is 13.0 Å². The average Bonchev–Trinajstić information content (AvgIpc) is 3.22. The SMILES string of the molecule is CCC1CN(Cc2cc([C@@H](c3ccc4c(nnn4C)c3C)C(C)C(=O)OC)ccc2C)Cc2ccccc2O1. The molecule has 0 saturated heterocycles. The molecule has 7 nitrogen and oxygen atoms in total. The number of rotatable bonds is 7. The zero-order valence-electron chi connectivity index (χ0n) is 23.8. The number of ether oxygens (including phenoxy) is 2. The van der Waals surface area contributed by atoms with Gasteiger partial charge in [-0.3, -0.25) is 9.69 Å².